The molecule has 0 bridgehead atoms. The normalized spacial score (nSPS) is 11.7. The minimum absolute atomic E-state index is 0.0721. The van der Waals surface area contributed by atoms with E-state index >= 15 is 0 Å². The molecule has 0 atom stereocenters. The average molecular weight is 382 g/mol. The zero-order valence-electron chi connectivity index (χ0n) is 13.9. The molecule has 1 aromatic heterocycles. The van der Waals surface area contributed by atoms with Gasteiger partial charge < -0.3 is 9.57 Å². The van der Waals surface area contributed by atoms with Crippen molar-refractivity contribution in [3.63, 3.8) is 0 Å². The molecule has 3 aromatic rings. The van der Waals surface area contributed by atoms with Crippen LogP contribution >= 0.6 is 0 Å². The van der Waals surface area contributed by atoms with Crippen LogP contribution in [0.25, 0.3) is 0 Å². The number of benzene rings is 2. The monoisotopic (exact) mass is 382 g/mol. The van der Waals surface area contributed by atoms with Crippen molar-refractivity contribution in [2.75, 3.05) is 0 Å². The number of nitrogens with zero attached hydrogens (tertiary/aromatic N) is 4. The average Bonchev–Trinajstić information content (AvgIpc) is 2.72. The number of sulfone groups is 1. The van der Waals surface area contributed by atoms with Crippen LogP contribution in [-0.2, 0) is 14.7 Å². The Morgan fingerprint density at radius 3 is 2.26 bits per heavy atom. The van der Waals surface area contributed by atoms with Crippen molar-refractivity contribution >= 4 is 28.3 Å². The van der Waals surface area contributed by atoms with Gasteiger partial charge in [0.2, 0.25) is 22.6 Å². The highest BCUT2D eigenvalue weighted by molar-refractivity contribution is 7.91. The van der Waals surface area contributed by atoms with E-state index < -0.39 is 9.84 Å². The van der Waals surface area contributed by atoms with Crippen molar-refractivity contribution in [1.29, 1.82) is 0 Å². The molecular weight excluding hydrogens is 368 g/mol. The number of hydrogen-bond donors (Lipinski definition) is 0. The Morgan fingerprint density at radius 2 is 1.56 bits per heavy atom. The smallest absolute Gasteiger partial charge is 0.251 e. The van der Waals surface area contributed by atoms with E-state index in [1.807, 2.05) is 18.2 Å². The maximum atomic E-state index is 12.4. The van der Waals surface area contributed by atoms with Crippen LogP contribution in [0.4, 0.5) is 5.69 Å². The van der Waals surface area contributed by atoms with Gasteiger partial charge in [0.1, 0.15) is 5.75 Å². The first kappa shape index (κ1) is 18.2. The molecule has 1 heterocycles. The number of rotatable bonds is 7. The number of aromatic nitrogens is 2. The van der Waals surface area contributed by atoms with E-state index in [1.54, 1.807) is 18.2 Å². The second kappa shape index (κ2) is 8.68. The summed E-state index contributed by atoms with van der Waals surface area (Å²) in [6.07, 6.45) is 4.99. The van der Waals surface area contributed by atoms with Gasteiger partial charge in [-0.3, -0.25) is 0 Å². The van der Waals surface area contributed by atoms with Gasteiger partial charge in [0, 0.05) is 12.4 Å². The lowest BCUT2D eigenvalue weighted by Gasteiger charge is -2.02. The van der Waals surface area contributed by atoms with E-state index in [0.29, 0.717) is 11.4 Å². The molecule has 0 aliphatic carbocycles. The Labute approximate surface area is 155 Å². The minimum atomic E-state index is -3.76. The van der Waals surface area contributed by atoms with Gasteiger partial charge in [0.05, 0.1) is 10.6 Å². The fourth-order valence-electron chi connectivity index (χ4n) is 1.96. The highest BCUT2D eigenvalue weighted by Gasteiger charge is 2.20. The molecule has 0 amide bonds. The van der Waals surface area contributed by atoms with Crippen LogP contribution in [0.2, 0.25) is 0 Å². The quantitative estimate of drug-likeness (QED) is 0.269. The van der Waals surface area contributed by atoms with Gasteiger partial charge in [-0.1, -0.05) is 18.2 Å². The third-order valence-electron chi connectivity index (χ3n) is 3.21. The SMILES string of the molecule is O=S(=O)(c1ccc(N=CO/N=C/Oc2ccccc2)cc1)c1ncccn1. The third kappa shape index (κ3) is 4.95. The summed E-state index contributed by atoms with van der Waals surface area (Å²) in [6, 6.07) is 16.5. The number of oxime groups is 1. The highest BCUT2D eigenvalue weighted by atomic mass is 32.2. The Kier molecular flexibility index (Phi) is 5.85. The topological polar surface area (TPSA) is 103 Å². The molecule has 3 rings (SSSR count). The summed E-state index contributed by atoms with van der Waals surface area (Å²) >= 11 is 0. The summed E-state index contributed by atoms with van der Waals surface area (Å²) < 4.78 is 29.9. The van der Waals surface area contributed by atoms with E-state index in [0.717, 1.165) is 12.8 Å². The molecule has 27 heavy (non-hydrogen) atoms. The van der Waals surface area contributed by atoms with Crippen LogP contribution in [0.3, 0.4) is 0 Å². The Bertz CT molecular complexity index is 1020. The predicted octanol–water partition coefficient (Wildman–Crippen LogP) is 3.01. The van der Waals surface area contributed by atoms with Crippen LogP contribution < -0.4 is 4.74 Å². The first-order valence-electron chi connectivity index (χ1n) is 7.70. The standard InChI is InChI=1S/C18H14N4O4S/c23-27(24,18-19-11-4-12-20-18)17-9-7-15(8-10-17)21-13-26-22-14-25-16-5-2-1-3-6-16/h1-14H/b21-13?,22-14+. The molecule has 0 fully saturated rings. The van der Waals surface area contributed by atoms with E-state index in [1.165, 1.54) is 36.7 Å². The van der Waals surface area contributed by atoms with Gasteiger partial charge in [0.15, 0.2) is 0 Å². The van der Waals surface area contributed by atoms with Gasteiger partial charge >= 0.3 is 0 Å². The number of aliphatic imine (C=N–C) groups is 1. The molecule has 9 heteroatoms. The summed E-state index contributed by atoms with van der Waals surface area (Å²) in [5.41, 5.74) is 0.488. The molecule has 0 saturated heterocycles. The number of para-hydroxylation sites is 1. The van der Waals surface area contributed by atoms with Crippen molar-refractivity contribution in [2.24, 2.45) is 10.1 Å². The number of ether oxygens (including phenoxy) is 1. The van der Waals surface area contributed by atoms with E-state index in [4.69, 9.17) is 9.57 Å². The van der Waals surface area contributed by atoms with E-state index in [-0.39, 0.29) is 10.1 Å². The van der Waals surface area contributed by atoms with Crippen molar-refractivity contribution < 1.29 is 18.0 Å². The molecule has 0 aliphatic heterocycles. The van der Waals surface area contributed by atoms with Crippen LogP contribution in [-0.4, -0.2) is 31.2 Å². The Balaban J connectivity index is 1.57. The summed E-state index contributed by atoms with van der Waals surface area (Å²) in [5, 5.41) is 3.32. The lowest BCUT2D eigenvalue weighted by Crippen LogP contribution is -2.06. The van der Waals surface area contributed by atoms with Crippen molar-refractivity contribution in [2.45, 2.75) is 10.1 Å². The summed E-state index contributed by atoms with van der Waals surface area (Å²) in [6.45, 7) is 0. The van der Waals surface area contributed by atoms with Crippen LogP contribution in [0.5, 0.6) is 5.75 Å². The van der Waals surface area contributed by atoms with Crippen LogP contribution in [0.1, 0.15) is 0 Å². The zero-order chi connectivity index (χ0) is 19.0. The fraction of sp³-hybridized carbons (Fsp3) is 0. The zero-order valence-corrected chi connectivity index (χ0v) is 14.7. The second-order valence-corrected chi connectivity index (χ2v) is 6.85. The first-order chi connectivity index (χ1) is 13.2. The maximum absolute atomic E-state index is 12.4. The molecule has 0 N–H and O–H groups in total. The lowest BCUT2D eigenvalue weighted by atomic mass is 10.3. The largest absolute Gasteiger partial charge is 0.442 e. The molecule has 0 unspecified atom stereocenters. The van der Waals surface area contributed by atoms with E-state index in [9.17, 15) is 8.42 Å². The fourth-order valence-corrected chi connectivity index (χ4v) is 3.06. The Hall–Kier alpha value is -3.59. The molecule has 0 radical (unpaired) electrons. The molecule has 2 aromatic carbocycles. The minimum Gasteiger partial charge on any atom is -0.442 e. The van der Waals surface area contributed by atoms with Gasteiger partial charge in [-0.25, -0.2) is 23.4 Å². The predicted molar refractivity (Wildman–Crippen MR) is 98.7 cm³/mol. The highest BCUT2D eigenvalue weighted by Crippen LogP contribution is 2.20. The van der Waals surface area contributed by atoms with Crippen molar-refractivity contribution in [3.8, 4) is 5.75 Å². The second-order valence-electron chi connectivity index (χ2n) is 5.01. The Morgan fingerprint density at radius 1 is 0.852 bits per heavy atom. The molecule has 8 nitrogen and oxygen atoms in total. The molecule has 0 saturated carbocycles. The third-order valence-corrected chi connectivity index (χ3v) is 4.80. The van der Waals surface area contributed by atoms with Crippen molar-refractivity contribution in [1.82, 2.24) is 9.97 Å². The number of hydrogen-bond acceptors (Lipinski definition) is 8. The molecule has 136 valence electrons. The lowest BCUT2D eigenvalue weighted by molar-refractivity contribution is 0.335. The summed E-state index contributed by atoms with van der Waals surface area (Å²) in [5.74, 6) is 0.626. The van der Waals surface area contributed by atoms with Gasteiger partial charge in [-0.2, -0.15) is 0 Å². The first-order valence-corrected chi connectivity index (χ1v) is 9.19. The summed E-state index contributed by atoms with van der Waals surface area (Å²) in [7, 11) is -3.76. The van der Waals surface area contributed by atoms with Crippen LogP contribution in [0, 0.1) is 0 Å². The van der Waals surface area contributed by atoms with Gasteiger partial charge in [-0.05, 0) is 47.6 Å². The van der Waals surface area contributed by atoms with Crippen LogP contribution in [0.15, 0.2) is 93.3 Å². The van der Waals surface area contributed by atoms with Gasteiger partial charge in [-0.15, -0.1) is 0 Å². The van der Waals surface area contributed by atoms with Gasteiger partial charge in [0.25, 0.3) is 5.16 Å². The molecular formula is C18H14N4O4S. The summed E-state index contributed by atoms with van der Waals surface area (Å²) in [4.78, 5) is 16.5. The van der Waals surface area contributed by atoms with E-state index in [2.05, 4.69) is 20.1 Å². The molecule has 0 aliphatic rings. The van der Waals surface area contributed by atoms with Crippen molar-refractivity contribution in [3.05, 3.63) is 73.1 Å². The maximum Gasteiger partial charge on any atom is 0.251 e. The molecule has 0 spiro atoms.